The molecule has 1 N–H and O–H groups in total. The zero-order chi connectivity index (χ0) is 12.8. The maximum Gasteiger partial charge on any atom is 0.329 e. The number of nitrogens with zero attached hydrogens (tertiary/aromatic N) is 1. The fourth-order valence-electron chi connectivity index (χ4n) is 2.39. The summed E-state index contributed by atoms with van der Waals surface area (Å²) in [6, 6.07) is 10.7. The lowest BCUT2D eigenvalue weighted by molar-refractivity contribution is -0.142. The molecule has 0 saturated carbocycles. The van der Waals surface area contributed by atoms with Crippen molar-refractivity contribution in [1.29, 1.82) is 0 Å². The summed E-state index contributed by atoms with van der Waals surface area (Å²) >= 11 is 0. The second-order valence-corrected chi connectivity index (χ2v) is 4.66. The number of carboxylic acid groups (broad SMARTS) is 1. The second kappa shape index (κ2) is 6.52. The van der Waals surface area contributed by atoms with Gasteiger partial charge in [0.05, 0.1) is 6.61 Å². The summed E-state index contributed by atoms with van der Waals surface area (Å²) in [6.07, 6.45) is 2.25. The average Bonchev–Trinajstić information content (AvgIpc) is 2.78. The van der Waals surface area contributed by atoms with E-state index in [1.807, 2.05) is 18.2 Å². The van der Waals surface area contributed by atoms with E-state index in [-0.39, 0.29) is 6.61 Å². The van der Waals surface area contributed by atoms with Crippen molar-refractivity contribution in [3.63, 3.8) is 0 Å². The van der Waals surface area contributed by atoms with E-state index in [9.17, 15) is 4.79 Å². The van der Waals surface area contributed by atoms with Gasteiger partial charge in [0.15, 0.2) is 0 Å². The van der Waals surface area contributed by atoms with Gasteiger partial charge < -0.3 is 9.84 Å². The fourth-order valence-corrected chi connectivity index (χ4v) is 2.39. The van der Waals surface area contributed by atoms with Crippen molar-refractivity contribution in [3.8, 4) is 0 Å². The molecular formula is C14H19NO3. The molecule has 4 nitrogen and oxygen atoms in total. The van der Waals surface area contributed by atoms with Crippen molar-refractivity contribution in [1.82, 2.24) is 4.90 Å². The van der Waals surface area contributed by atoms with E-state index in [0.29, 0.717) is 12.6 Å². The molecule has 1 unspecified atom stereocenters. The average molecular weight is 249 g/mol. The molecule has 0 amide bonds. The lowest BCUT2D eigenvalue weighted by atomic mass is 10.2. The zero-order valence-corrected chi connectivity index (χ0v) is 10.4. The summed E-state index contributed by atoms with van der Waals surface area (Å²) in [5, 5.41) is 8.55. The van der Waals surface area contributed by atoms with Crippen molar-refractivity contribution in [2.24, 2.45) is 0 Å². The highest BCUT2D eigenvalue weighted by Gasteiger charge is 2.24. The summed E-state index contributed by atoms with van der Waals surface area (Å²) in [4.78, 5) is 12.8. The SMILES string of the molecule is O=C(O)COCC1CCCN1Cc1ccccc1. The van der Waals surface area contributed by atoms with Crippen LogP contribution in [0.2, 0.25) is 0 Å². The molecule has 1 heterocycles. The minimum Gasteiger partial charge on any atom is -0.480 e. The highest BCUT2D eigenvalue weighted by atomic mass is 16.5. The number of hydrogen-bond donors (Lipinski definition) is 1. The molecule has 0 spiro atoms. The summed E-state index contributed by atoms with van der Waals surface area (Å²) in [7, 11) is 0. The van der Waals surface area contributed by atoms with Crippen molar-refractivity contribution in [2.75, 3.05) is 19.8 Å². The predicted octanol–water partition coefficient (Wildman–Crippen LogP) is 1.75. The molecule has 2 rings (SSSR count). The van der Waals surface area contributed by atoms with E-state index in [1.54, 1.807) is 0 Å². The van der Waals surface area contributed by atoms with E-state index in [1.165, 1.54) is 5.56 Å². The van der Waals surface area contributed by atoms with Gasteiger partial charge in [0, 0.05) is 12.6 Å². The summed E-state index contributed by atoms with van der Waals surface area (Å²) < 4.78 is 5.21. The van der Waals surface area contributed by atoms with Crippen molar-refractivity contribution in [2.45, 2.75) is 25.4 Å². The Kier molecular flexibility index (Phi) is 4.73. The number of rotatable bonds is 6. The maximum absolute atomic E-state index is 10.4. The van der Waals surface area contributed by atoms with Gasteiger partial charge in [0.25, 0.3) is 0 Å². The molecule has 1 fully saturated rings. The van der Waals surface area contributed by atoms with Crippen LogP contribution in [0.5, 0.6) is 0 Å². The van der Waals surface area contributed by atoms with Crippen LogP contribution in [0, 0.1) is 0 Å². The highest BCUT2D eigenvalue weighted by molar-refractivity contribution is 5.67. The quantitative estimate of drug-likeness (QED) is 0.834. The third kappa shape index (κ3) is 3.82. The Hall–Kier alpha value is -1.39. The van der Waals surface area contributed by atoms with Crippen molar-refractivity contribution < 1.29 is 14.6 Å². The van der Waals surface area contributed by atoms with Gasteiger partial charge >= 0.3 is 5.97 Å². The molecule has 1 saturated heterocycles. The first-order valence-corrected chi connectivity index (χ1v) is 6.33. The Morgan fingerprint density at radius 3 is 2.89 bits per heavy atom. The van der Waals surface area contributed by atoms with Gasteiger partial charge in [-0.05, 0) is 24.9 Å². The third-order valence-electron chi connectivity index (χ3n) is 3.26. The van der Waals surface area contributed by atoms with E-state index in [4.69, 9.17) is 9.84 Å². The van der Waals surface area contributed by atoms with Gasteiger partial charge in [-0.25, -0.2) is 4.79 Å². The van der Waals surface area contributed by atoms with Crippen LogP contribution in [0.15, 0.2) is 30.3 Å². The molecule has 0 aliphatic carbocycles. The van der Waals surface area contributed by atoms with Crippen LogP contribution in [-0.4, -0.2) is 41.8 Å². The first kappa shape index (κ1) is 13.1. The molecule has 1 aliphatic rings. The minimum atomic E-state index is -0.900. The fraction of sp³-hybridized carbons (Fsp3) is 0.500. The van der Waals surface area contributed by atoms with Crippen molar-refractivity contribution >= 4 is 5.97 Å². The molecule has 1 aromatic carbocycles. The summed E-state index contributed by atoms with van der Waals surface area (Å²) in [6.45, 7) is 2.30. The van der Waals surface area contributed by atoms with Crippen LogP contribution in [0.25, 0.3) is 0 Å². The molecule has 1 atom stereocenters. The normalized spacial score (nSPS) is 20.1. The molecular weight excluding hydrogens is 230 g/mol. The van der Waals surface area contributed by atoms with Crippen molar-refractivity contribution in [3.05, 3.63) is 35.9 Å². The van der Waals surface area contributed by atoms with Crippen LogP contribution >= 0.6 is 0 Å². The monoisotopic (exact) mass is 249 g/mol. The first-order chi connectivity index (χ1) is 8.75. The van der Waals surface area contributed by atoms with Gasteiger partial charge in [0.2, 0.25) is 0 Å². The van der Waals surface area contributed by atoms with E-state index in [0.717, 1.165) is 25.9 Å². The molecule has 0 aromatic heterocycles. The second-order valence-electron chi connectivity index (χ2n) is 4.66. The van der Waals surface area contributed by atoms with E-state index < -0.39 is 5.97 Å². The summed E-state index contributed by atoms with van der Waals surface area (Å²) in [5.74, 6) is -0.900. The largest absolute Gasteiger partial charge is 0.480 e. The Bertz CT molecular complexity index is 380. The lowest BCUT2D eigenvalue weighted by Crippen LogP contribution is -2.33. The molecule has 18 heavy (non-hydrogen) atoms. The van der Waals surface area contributed by atoms with E-state index in [2.05, 4.69) is 17.0 Å². The standard InChI is InChI=1S/C14H19NO3/c16-14(17)11-18-10-13-7-4-8-15(13)9-12-5-2-1-3-6-12/h1-3,5-6,13H,4,7-11H2,(H,16,17). The van der Waals surface area contributed by atoms with Crippen LogP contribution in [0.4, 0.5) is 0 Å². The zero-order valence-electron chi connectivity index (χ0n) is 10.4. The number of likely N-dealkylation sites (tertiary alicyclic amines) is 1. The Morgan fingerprint density at radius 1 is 1.39 bits per heavy atom. The Balaban J connectivity index is 1.82. The van der Waals surface area contributed by atoms with Gasteiger partial charge in [0.1, 0.15) is 6.61 Å². The van der Waals surface area contributed by atoms with E-state index >= 15 is 0 Å². The number of hydrogen-bond acceptors (Lipinski definition) is 3. The third-order valence-corrected chi connectivity index (χ3v) is 3.26. The topological polar surface area (TPSA) is 49.8 Å². The number of carboxylic acids is 1. The number of aliphatic carboxylic acids is 1. The number of ether oxygens (including phenoxy) is 1. The van der Waals surface area contributed by atoms with Gasteiger partial charge in [-0.1, -0.05) is 30.3 Å². The maximum atomic E-state index is 10.4. The molecule has 1 aliphatic heterocycles. The van der Waals surface area contributed by atoms with Gasteiger partial charge in [-0.3, -0.25) is 4.90 Å². The predicted molar refractivity (Wildman–Crippen MR) is 68.3 cm³/mol. The highest BCUT2D eigenvalue weighted by Crippen LogP contribution is 2.20. The Labute approximate surface area is 107 Å². The van der Waals surface area contributed by atoms with Gasteiger partial charge in [-0.15, -0.1) is 0 Å². The van der Waals surface area contributed by atoms with Crippen LogP contribution < -0.4 is 0 Å². The van der Waals surface area contributed by atoms with Crippen LogP contribution in [0.1, 0.15) is 18.4 Å². The molecule has 1 aromatic rings. The molecule has 4 heteroatoms. The smallest absolute Gasteiger partial charge is 0.329 e. The minimum absolute atomic E-state index is 0.199. The lowest BCUT2D eigenvalue weighted by Gasteiger charge is -2.24. The Morgan fingerprint density at radius 2 is 2.17 bits per heavy atom. The van der Waals surface area contributed by atoms with Crippen LogP contribution in [0.3, 0.4) is 0 Å². The number of carbonyl (C=O) groups is 1. The molecule has 98 valence electrons. The summed E-state index contributed by atoms with van der Waals surface area (Å²) in [5.41, 5.74) is 1.29. The molecule has 0 radical (unpaired) electrons. The van der Waals surface area contributed by atoms with Gasteiger partial charge in [-0.2, -0.15) is 0 Å². The number of benzene rings is 1. The first-order valence-electron chi connectivity index (χ1n) is 6.33. The molecule has 0 bridgehead atoms. The van der Waals surface area contributed by atoms with Crippen LogP contribution in [-0.2, 0) is 16.1 Å².